The highest BCUT2D eigenvalue weighted by Gasteiger charge is 2.18. The van der Waals surface area contributed by atoms with Gasteiger partial charge < -0.3 is 20.5 Å². The number of ether oxygens (including phenoxy) is 2. The maximum atomic E-state index is 11.4. The molecule has 2 rings (SSSR count). The van der Waals surface area contributed by atoms with Gasteiger partial charge >= 0.3 is 0 Å². The number of aryl methyl sites for hydroxylation is 1. The van der Waals surface area contributed by atoms with Crippen molar-refractivity contribution in [2.24, 2.45) is 5.73 Å². The minimum Gasteiger partial charge on any atom is -0.493 e. The van der Waals surface area contributed by atoms with Crippen LogP contribution in [-0.4, -0.2) is 24.0 Å². The Morgan fingerprint density at radius 1 is 1.30 bits per heavy atom. The van der Waals surface area contributed by atoms with Crippen molar-refractivity contribution in [3.63, 3.8) is 0 Å². The number of benzene rings is 1. The molecule has 2 aromatic rings. The summed E-state index contributed by atoms with van der Waals surface area (Å²) in [5.41, 5.74) is 7.31. The first-order chi connectivity index (χ1) is 12.9. The molecule has 0 saturated carbocycles. The van der Waals surface area contributed by atoms with E-state index < -0.39 is 5.91 Å². The number of pyridine rings is 1. The predicted octanol–water partition coefficient (Wildman–Crippen LogP) is 3.76. The number of rotatable bonds is 8. The van der Waals surface area contributed by atoms with E-state index in [9.17, 15) is 10.1 Å². The van der Waals surface area contributed by atoms with Crippen LogP contribution in [0, 0.1) is 18.3 Å². The lowest BCUT2D eigenvalue weighted by Gasteiger charge is -2.19. The van der Waals surface area contributed by atoms with Crippen molar-refractivity contribution in [1.82, 2.24) is 4.98 Å². The number of aromatic nitrogens is 1. The maximum absolute atomic E-state index is 11.4. The smallest absolute Gasteiger partial charge is 0.248 e. The van der Waals surface area contributed by atoms with Gasteiger partial charge in [0.15, 0.2) is 11.5 Å². The van der Waals surface area contributed by atoms with Gasteiger partial charge in [0.05, 0.1) is 12.8 Å². The second-order valence-electron chi connectivity index (χ2n) is 6.09. The van der Waals surface area contributed by atoms with Crippen LogP contribution < -0.4 is 20.5 Å². The summed E-state index contributed by atoms with van der Waals surface area (Å²) in [6, 6.07) is 8.83. The molecule has 0 fully saturated rings. The average molecular weight is 368 g/mol. The third-order valence-corrected chi connectivity index (χ3v) is 4.23. The van der Waals surface area contributed by atoms with E-state index in [2.05, 4.69) is 30.2 Å². The molecule has 0 saturated heterocycles. The number of carbonyl (C=O) groups is 1. The topological polar surface area (TPSA) is 110 Å². The minimum absolute atomic E-state index is 0.177. The molecule has 1 aromatic carbocycles. The van der Waals surface area contributed by atoms with Crippen LogP contribution in [0.5, 0.6) is 17.4 Å². The van der Waals surface area contributed by atoms with Gasteiger partial charge in [-0.1, -0.05) is 13.8 Å². The quantitative estimate of drug-likeness (QED) is 0.734. The van der Waals surface area contributed by atoms with Gasteiger partial charge in [-0.25, -0.2) is 4.98 Å². The van der Waals surface area contributed by atoms with Gasteiger partial charge in [0, 0.05) is 17.3 Å². The van der Waals surface area contributed by atoms with Crippen LogP contribution in [-0.2, 0) is 0 Å². The van der Waals surface area contributed by atoms with Crippen molar-refractivity contribution in [2.45, 2.75) is 39.7 Å². The first-order valence-corrected chi connectivity index (χ1v) is 8.77. The Balaban J connectivity index is 2.46. The van der Waals surface area contributed by atoms with E-state index in [1.807, 2.05) is 13.0 Å². The van der Waals surface area contributed by atoms with Gasteiger partial charge in [-0.2, -0.15) is 5.26 Å². The van der Waals surface area contributed by atoms with Crippen LogP contribution in [0.25, 0.3) is 0 Å². The lowest BCUT2D eigenvalue weighted by Crippen LogP contribution is -2.18. The van der Waals surface area contributed by atoms with Crippen LogP contribution in [0.1, 0.15) is 48.3 Å². The fraction of sp³-hybridized carbons (Fsp3) is 0.350. The number of anilines is 1. The summed E-state index contributed by atoms with van der Waals surface area (Å²) in [7, 11) is 1.46. The van der Waals surface area contributed by atoms with E-state index in [0.717, 1.165) is 12.8 Å². The molecule has 1 amide bonds. The third kappa shape index (κ3) is 4.67. The number of nitrogens with zero attached hydrogens (tertiary/aromatic N) is 2. The molecule has 3 N–H and O–H groups in total. The van der Waals surface area contributed by atoms with Gasteiger partial charge in [-0.05, 0) is 44.0 Å². The van der Waals surface area contributed by atoms with Crippen LogP contribution in [0.4, 0.5) is 5.69 Å². The summed E-state index contributed by atoms with van der Waals surface area (Å²) >= 11 is 0. The van der Waals surface area contributed by atoms with Crippen molar-refractivity contribution >= 4 is 11.6 Å². The van der Waals surface area contributed by atoms with Crippen LogP contribution >= 0.6 is 0 Å². The highest BCUT2D eigenvalue weighted by atomic mass is 16.5. The highest BCUT2D eigenvalue weighted by molar-refractivity contribution is 5.93. The molecule has 0 aliphatic heterocycles. The standard InChI is InChI=1S/C20H24N4O3/c1-5-14(6-2)24-16-9-12(3)23-20(15(16)11-21)27-17-8-7-13(19(22)25)10-18(17)26-4/h7-10,14H,5-6H2,1-4H3,(H2,22,25)(H,23,24). The molecule has 1 heterocycles. The van der Waals surface area contributed by atoms with Gasteiger partial charge in [0.2, 0.25) is 11.8 Å². The number of carbonyl (C=O) groups excluding carboxylic acids is 1. The SMILES string of the molecule is CCC(CC)Nc1cc(C)nc(Oc2ccc(C(N)=O)cc2OC)c1C#N. The molecule has 27 heavy (non-hydrogen) atoms. The summed E-state index contributed by atoms with van der Waals surface area (Å²) in [4.78, 5) is 15.7. The number of hydrogen-bond donors (Lipinski definition) is 2. The minimum atomic E-state index is -0.567. The first kappa shape index (κ1) is 20.0. The third-order valence-electron chi connectivity index (χ3n) is 4.23. The highest BCUT2D eigenvalue weighted by Crippen LogP contribution is 2.35. The molecule has 0 unspecified atom stereocenters. The normalized spacial score (nSPS) is 10.4. The van der Waals surface area contributed by atoms with Crippen molar-refractivity contribution in [2.75, 3.05) is 12.4 Å². The molecule has 0 bridgehead atoms. The fourth-order valence-electron chi connectivity index (χ4n) is 2.66. The van der Waals surface area contributed by atoms with Crippen LogP contribution in [0.15, 0.2) is 24.3 Å². The molecule has 1 aromatic heterocycles. The summed E-state index contributed by atoms with van der Waals surface area (Å²) in [6.07, 6.45) is 1.86. The van der Waals surface area contributed by atoms with Crippen molar-refractivity contribution in [3.8, 4) is 23.4 Å². The molecule has 142 valence electrons. The van der Waals surface area contributed by atoms with E-state index in [1.165, 1.54) is 19.2 Å². The van der Waals surface area contributed by atoms with E-state index >= 15 is 0 Å². The summed E-state index contributed by atoms with van der Waals surface area (Å²) in [6.45, 7) is 6.01. The Bertz CT molecular complexity index is 870. The predicted molar refractivity (Wildman–Crippen MR) is 103 cm³/mol. The molecule has 0 aliphatic carbocycles. The second kappa shape index (κ2) is 8.90. The second-order valence-corrected chi connectivity index (χ2v) is 6.09. The van der Waals surface area contributed by atoms with Gasteiger partial charge in [0.25, 0.3) is 0 Å². The number of nitrogens with one attached hydrogen (secondary N) is 1. The number of nitriles is 1. The summed E-state index contributed by atoms with van der Waals surface area (Å²) in [5.74, 6) is 0.276. The molecule has 0 radical (unpaired) electrons. The maximum Gasteiger partial charge on any atom is 0.248 e. The zero-order valence-electron chi connectivity index (χ0n) is 16.0. The van der Waals surface area contributed by atoms with Crippen molar-refractivity contribution in [1.29, 1.82) is 5.26 Å². The number of primary amides is 1. The van der Waals surface area contributed by atoms with Gasteiger partial charge in [-0.3, -0.25) is 4.79 Å². The largest absolute Gasteiger partial charge is 0.493 e. The van der Waals surface area contributed by atoms with E-state index in [-0.39, 0.29) is 11.9 Å². The summed E-state index contributed by atoms with van der Waals surface area (Å²) in [5, 5.41) is 13.1. The Morgan fingerprint density at radius 2 is 2.00 bits per heavy atom. The Hall–Kier alpha value is -3.27. The zero-order valence-corrected chi connectivity index (χ0v) is 16.0. The van der Waals surface area contributed by atoms with Crippen molar-refractivity contribution in [3.05, 3.63) is 41.1 Å². The molecule has 7 nitrogen and oxygen atoms in total. The molecular formula is C20H24N4O3. The van der Waals surface area contributed by atoms with Crippen LogP contribution in [0.2, 0.25) is 0 Å². The lowest BCUT2D eigenvalue weighted by molar-refractivity contribution is 0.1000. The lowest BCUT2D eigenvalue weighted by atomic mass is 10.1. The first-order valence-electron chi connectivity index (χ1n) is 8.77. The molecule has 0 atom stereocenters. The number of methoxy groups -OCH3 is 1. The molecule has 0 spiro atoms. The number of amides is 1. The zero-order chi connectivity index (χ0) is 20.0. The van der Waals surface area contributed by atoms with Crippen molar-refractivity contribution < 1.29 is 14.3 Å². The molecular weight excluding hydrogens is 344 g/mol. The van der Waals surface area contributed by atoms with Crippen LogP contribution in [0.3, 0.4) is 0 Å². The Kier molecular flexibility index (Phi) is 6.61. The monoisotopic (exact) mass is 368 g/mol. The van der Waals surface area contributed by atoms with E-state index in [1.54, 1.807) is 6.07 Å². The number of nitrogens with two attached hydrogens (primary N) is 1. The summed E-state index contributed by atoms with van der Waals surface area (Å²) < 4.78 is 11.2. The molecule has 0 aliphatic rings. The van der Waals surface area contributed by atoms with Gasteiger partial charge in [-0.15, -0.1) is 0 Å². The average Bonchev–Trinajstić information content (AvgIpc) is 2.65. The Morgan fingerprint density at radius 3 is 2.56 bits per heavy atom. The van der Waals surface area contributed by atoms with Gasteiger partial charge in [0.1, 0.15) is 11.6 Å². The van der Waals surface area contributed by atoms with E-state index in [0.29, 0.717) is 34.0 Å². The van der Waals surface area contributed by atoms with E-state index in [4.69, 9.17) is 15.2 Å². The fourth-order valence-corrected chi connectivity index (χ4v) is 2.66. The Labute approximate surface area is 159 Å². The number of hydrogen-bond acceptors (Lipinski definition) is 6. The molecule has 7 heteroatoms.